The highest BCUT2D eigenvalue weighted by Crippen LogP contribution is 2.40. The Morgan fingerprint density at radius 1 is 1.09 bits per heavy atom. The molecule has 5 rings (SSSR count). The van der Waals surface area contributed by atoms with Crippen molar-refractivity contribution < 1.29 is 23.5 Å². The van der Waals surface area contributed by atoms with Crippen molar-refractivity contribution in [2.45, 2.75) is 38.3 Å². The Labute approximate surface area is 263 Å². The van der Waals surface area contributed by atoms with Crippen LogP contribution in [0.1, 0.15) is 54.5 Å². The van der Waals surface area contributed by atoms with Gasteiger partial charge in [0.1, 0.15) is 29.5 Å². The number of nitrogens with one attached hydrogen (secondary N) is 2. The summed E-state index contributed by atoms with van der Waals surface area (Å²) in [6.07, 6.45) is 0.529. The smallest absolute Gasteiger partial charge is 0.325 e. The predicted molar refractivity (Wildman–Crippen MR) is 167 cm³/mol. The van der Waals surface area contributed by atoms with E-state index < -0.39 is 29.8 Å². The van der Waals surface area contributed by atoms with E-state index >= 15 is 4.39 Å². The fourth-order valence-electron chi connectivity index (χ4n) is 5.27. The summed E-state index contributed by atoms with van der Waals surface area (Å²) in [6, 6.07) is 18.7. The third-order valence-electron chi connectivity index (χ3n) is 7.74. The Kier molecular flexibility index (Phi) is 9.14. The molecule has 1 aliphatic heterocycles. The van der Waals surface area contributed by atoms with Crippen molar-refractivity contribution in [2.24, 2.45) is 0 Å². The highest BCUT2D eigenvalue weighted by atomic mass is 79.9. The van der Waals surface area contributed by atoms with E-state index in [1.54, 1.807) is 50.5 Å². The van der Waals surface area contributed by atoms with Crippen molar-refractivity contribution in [1.29, 1.82) is 0 Å². The molecule has 1 fully saturated rings. The first kappa shape index (κ1) is 30.9. The minimum atomic E-state index is -0.936. The van der Waals surface area contributed by atoms with Crippen LogP contribution in [-0.4, -0.2) is 58.3 Å². The monoisotopic (exact) mass is 661 g/mol. The number of hydrogen-bond acceptors (Lipinski definition) is 5. The van der Waals surface area contributed by atoms with Gasteiger partial charge in [-0.25, -0.2) is 14.2 Å². The normalized spacial score (nSPS) is 16.0. The van der Waals surface area contributed by atoms with E-state index in [1.807, 2.05) is 44.2 Å². The minimum Gasteiger partial charge on any atom is -0.484 e. The third kappa shape index (κ3) is 6.23. The van der Waals surface area contributed by atoms with Crippen molar-refractivity contribution in [3.8, 4) is 17.0 Å². The molecule has 11 heteroatoms. The van der Waals surface area contributed by atoms with Crippen LogP contribution in [-0.2, 0) is 16.0 Å². The molecular weight excluding hydrogens is 629 g/mol. The third-order valence-corrected chi connectivity index (χ3v) is 8.23. The van der Waals surface area contributed by atoms with Crippen molar-refractivity contribution in [3.05, 3.63) is 106 Å². The number of aromatic nitrogens is 2. The first-order valence-electron chi connectivity index (χ1n) is 14.2. The lowest BCUT2D eigenvalue weighted by atomic mass is 9.91. The number of carbonyl (C=O) groups is 3. The summed E-state index contributed by atoms with van der Waals surface area (Å²) < 4.78 is 21.2. The molecule has 0 spiro atoms. The average Bonchev–Trinajstić information content (AvgIpc) is 3.57. The van der Waals surface area contributed by atoms with Crippen LogP contribution in [0.3, 0.4) is 0 Å². The number of hydrogen-bond donors (Lipinski definition) is 2. The molecule has 0 aliphatic carbocycles. The highest BCUT2D eigenvalue weighted by Gasteiger charge is 2.46. The van der Waals surface area contributed by atoms with E-state index in [2.05, 4.69) is 26.2 Å². The van der Waals surface area contributed by atoms with Crippen molar-refractivity contribution in [3.63, 3.8) is 0 Å². The molecule has 1 saturated heterocycles. The second-order valence-electron chi connectivity index (χ2n) is 10.8. The van der Waals surface area contributed by atoms with E-state index in [4.69, 9.17) is 9.72 Å². The lowest BCUT2D eigenvalue weighted by molar-refractivity contribution is -0.131. The Hall–Kier alpha value is -4.51. The number of likely N-dealkylation sites (N-methyl/N-ethyl adjacent to an activating group) is 1. The number of imide groups is 1. The van der Waals surface area contributed by atoms with Crippen LogP contribution in [0.2, 0.25) is 0 Å². The molecule has 3 aromatic carbocycles. The van der Waals surface area contributed by atoms with Crippen molar-refractivity contribution >= 4 is 33.8 Å². The lowest BCUT2D eigenvalue weighted by Gasteiger charge is -2.29. The van der Waals surface area contributed by atoms with Gasteiger partial charge in [-0.1, -0.05) is 72.2 Å². The Bertz CT molecular complexity index is 1680. The molecule has 0 saturated carbocycles. The molecular formula is C33H33BrFN5O4. The van der Waals surface area contributed by atoms with E-state index in [0.717, 1.165) is 5.56 Å². The number of rotatable bonds is 10. The molecule has 44 heavy (non-hydrogen) atoms. The maximum absolute atomic E-state index is 15.1. The number of ether oxygens (including phenoxy) is 1. The van der Waals surface area contributed by atoms with Crippen LogP contribution < -0.4 is 10.1 Å². The number of imidazole rings is 1. The number of aryl methyl sites for hydroxylation is 1. The first-order valence-corrected chi connectivity index (χ1v) is 15.0. The fourth-order valence-corrected chi connectivity index (χ4v) is 5.60. The molecule has 1 aliphatic rings. The van der Waals surface area contributed by atoms with Crippen LogP contribution >= 0.6 is 15.9 Å². The summed E-state index contributed by atoms with van der Waals surface area (Å²) in [6.45, 7) is 3.75. The molecule has 4 amide bonds. The van der Waals surface area contributed by atoms with E-state index in [0.29, 0.717) is 45.0 Å². The summed E-state index contributed by atoms with van der Waals surface area (Å²) >= 11 is 3.30. The Morgan fingerprint density at radius 2 is 1.80 bits per heavy atom. The average molecular weight is 663 g/mol. The molecule has 0 radical (unpaired) electrons. The zero-order valence-corrected chi connectivity index (χ0v) is 26.4. The molecule has 2 heterocycles. The zero-order valence-electron chi connectivity index (χ0n) is 24.8. The van der Waals surface area contributed by atoms with Crippen LogP contribution in [0.4, 0.5) is 9.18 Å². The maximum Gasteiger partial charge on any atom is 0.325 e. The van der Waals surface area contributed by atoms with Gasteiger partial charge in [-0.15, -0.1) is 0 Å². The summed E-state index contributed by atoms with van der Waals surface area (Å²) in [4.78, 5) is 50.3. The Balaban J connectivity index is 1.50. The lowest BCUT2D eigenvalue weighted by Crippen LogP contribution is -2.38. The van der Waals surface area contributed by atoms with Gasteiger partial charge in [-0.2, -0.15) is 0 Å². The minimum absolute atomic E-state index is 0.118. The number of carbonyl (C=O) groups excluding carboxylic acids is 3. The SMILES string of the molecule is CCc1[nH]c([C@H]([C@@H](C)c2ccccc2)N2C(=O)NC(c3ccc(OCC(=O)N(C)C)cc3)C2=O)nc1-c1ccc(Br)cc1F. The Morgan fingerprint density at radius 3 is 2.43 bits per heavy atom. The van der Waals surface area contributed by atoms with Gasteiger partial charge in [-0.3, -0.25) is 14.5 Å². The van der Waals surface area contributed by atoms with Gasteiger partial charge in [0, 0.05) is 35.7 Å². The van der Waals surface area contributed by atoms with Crippen molar-refractivity contribution in [1.82, 2.24) is 25.1 Å². The topological polar surface area (TPSA) is 108 Å². The fraction of sp³-hybridized carbons (Fsp3) is 0.273. The first-order chi connectivity index (χ1) is 21.1. The summed E-state index contributed by atoms with van der Waals surface area (Å²) in [7, 11) is 3.29. The van der Waals surface area contributed by atoms with Gasteiger partial charge in [-0.05, 0) is 47.9 Å². The standard InChI is InChI=1S/C33H33BrFN5O4/c1-5-26-29(24-16-13-22(34)17-25(24)35)37-31(36-26)30(19(2)20-9-7-6-8-10-20)40-32(42)28(38-33(40)43)21-11-14-23(15-12-21)44-18-27(41)39(3)4/h6-17,19,28,30H,5,18H2,1-4H3,(H,36,37)(H,38,43)/t19-,28?,30-/m0/s1. The van der Waals surface area contributed by atoms with Gasteiger partial charge in [0.2, 0.25) is 0 Å². The number of amides is 4. The molecule has 228 valence electrons. The second kappa shape index (κ2) is 13.0. The predicted octanol–water partition coefficient (Wildman–Crippen LogP) is 6.15. The number of nitrogens with zero attached hydrogens (tertiary/aromatic N) is 3. The van der Waals surface area contributed by atoms with Gasteiger partial charge in [0.25, 0.3) is 11.8 Å². The summed E-state index contributed by atoms with van der Waals surface area (Å²) in [5.41, 5.74) is 2.92. The van der Waals surface area contributed by atoms with Gasteiger partial charge < -0.3 is 19.9 Å². The highest BCUT2D eigenvalue weighted by molar-refractivity contribution is 9.10. The van der Waals surface area contributed by atoms with Crippen molar-refractivity contribution in [2.75, 3.05) is 20.7 Å². The molecule has 1 aromatic heterocycles. The number of halogens is 2. The number of benzene rings is 3. The number of urea groups is 1. The van der Waals surface area contributed by atoms with Crippen LogP contribution in [0, 0.1) is 5.82 Å². The van der Waals surface area contributed by atoms with Gasteiger partial charge in [0.05, 0.1) is 5.69 Å². The molecule has 9 nitrogen and oxygen atoms in total. The van der Waals surface area contributed by atoms with E-state index in [1.165, 1.54) is 15.9 Å². The van der Waals surface area contributed by atoms with Crippen LogP contribution in [0.5, 0.6) is 5.75 Å². The van der Waals surface area contributed by atoms with Crippen LogP contribution in [0.25, 0.3) is 11.3 Å². The number of H-pyrrole nitrogens is 1. The largest absolute Gasteiger partial charge is 0.484 e. The maximum atomic E-state index is 15.1. The second-order valence-corrected chi connectivity index (χ2v) is 11.7. The molecule has 4 aromatic rings. The number of aromatic amines is 1. The molecule has 0 bridgehead atoms. The zero-order chi connectivity index (χ0) is 31.5. The quantitative estimate of drug-likeness (QED) is 0.198. The van der Waals surface area contributed by atoms with Gasteiger partial charge >= 0.3 is 6.03 Å². The van der Waals surface area contributed by atoms with Crippen LogP contribution in [0.15, 0.2) is 77.3 Å². The summed E-state index contributed by atoms with van der Waals surface area (Å²) in [5.74, 6) is -0.569. The van der Waals surface area contributed by atoms with E-state index in [-0.39, 0.29) is 18.4 Å². The van der Waals surface area contributed by atoms with E-state index in [9.17, 15) is 14.4 Å². The molecule has 1 unspecified atom stereocenters. The molecule has 3 atom stereocenters. The summed E-state index contributed by atoms with van der Waals surface area (Å²) in [5, 5.41) is 2.82. The van der Waals surface area contributed by atoms with Gasteiger partial charge in [0.15, 0.2) is 6.61 Å². The molecule has 2 N–H and O–H groups in total.